The Morgan fingerprint density at radius 1 is 1.24 bits per heavy atom. The summed E-state index contributed by atoms with van der Waals surface area (Å²) in [7, 11) is 0. The summed E-state index contributed by atoms with van der Waals surface area (Å²) >= 11 is 1.58. The fourth-order valence-corrected chi connectivity index (χ4v) is 3.40. The van der Waals surface area contributed by atoms with Crippen molar-refractivity contribution in [1.29, 1.82) is 0 Å². The average Bonchev–Trinajstić information content (AvgIpc) is 2.81. The Kier molecular flexibility index (Phi) is 2.00. The van der Waals surface area contributed by atoms with Crippen LogP contribution in [0.15, 0.2) is 17.6 Å². The Bertz CT molecular complexity index is 569. The highest BCUT2D eigenvalue weighted by Gasteiger charge is 2.47. The molecule has 88 valence electrons. The Hall–Kier alpha value is -1.10. The van der Waals surface area contributed by atoms with Gasteiger partial charge in [0.05, 0.1) is 17.6 Å². The molecule has 0 bridgehead atoms. The molecule has 2 saturated carbocycles. The molecule has 2 heterocycles. The van der Waals surface area contributed by atoms with Gasteiger partial charge in [0, 0.05) is 6.20 Å². The summed E-state index contributed by atoms with van der Waals surface area (Å²) < 4.78 is 2.13. The summed E-state index contributed by atoms with van der Waals surface area (Å²) in [5.41, 5.74) is 1.01. The van der Waals surface area contributed by atoms with E-state index in [0.29, 0.717) is 6.04 Å². The van der Waals surface area contributed by atoms with Gasteiger partial charge in [0.2, 0.25) is 0 Å². The van der Waals surface area contributed by atoms with Crippen molar-refractivity contribution in [3.05, 3.63) is 12.4 Å². The maximum atomic E-state index is 4.59. The van der Waals surface area contributed by atoms with Crippen LogP contribution in [-0.2, 0) is 0 Å². The molecule has 0 radical (unpaired) electrons. The van der Waals surface area contributed by atoms with Gasteiger partial charge in [-0.15, -0.1) is 0 Å². The Morgan fingerprint density at radius 3 is 2.82 bits per heavy atom. The van der Waals surface area contributed by atoms with Crippen molar-refractivity contribution in [2.45, 2.75) is 30.5 Å². The number of rotatable bonds is 2. The SMILES string of the molecule is CSc1ncc2cnn(C3CC4CC4C3)c2n1. The zero-order valence-electron chi connectivity index (χ0n) is 9.71. The van der Waals surface area contributed by atoms with Gasteiger partial charge < -0.3 is 0 Å². The molecule has 0 N–H and O–H groups in total. The molecule has 0 aliphatic heterocycles. The second-order valence-electron chi connectivity index (χ2n) is 5.11. The highest BCUT2D eigenvalue weighted by molar-refractivity contribution is 7.98. The number of aromatic nitrogens is 4. The summed E-state index contributed by atoms with van der Waals surface area (Å²) in [6.07, 6.45) is 9.81. The molecule has 0 spiro atoms. The average molecular weight is 246 g/mol. The standard InChI is InChI=1S/C12H14N4S/c1-17-12-13-5-9-6-14-16(11(9)15-12)10-3-7-2-8(7)4-10/h5-8,10H,2-4H2,1H3. The normalized spacial score (nSPS) is 30.8. The van der Waals surface area contributed by atoms with Crippen LogP contribution in [0.5, 0.6) is 0 Å². The lowest BCUT2D eigenvalue weighted by atomic mass is 10.2. The van der Waals surface area contributed by atoms with E-state index in [2.05, 4.69) is 19.7 Å². The van der Waals surface area contributed by atoms with Crippen LogP contribution in [0.3, 0.4) is 0 Å². The number of nitrogens with zero attached hydrogens (tertiary/aromatic N) is 4. The first-order valence-corrected chi connectivity index (χ1v) is 7.32. The van der Waals surface area contributed by atoms with Crippen LogP contribution in [0.1, 0.15) is 25.3 Å². The van der Waals surface area contributed by atoms with E-state index in [1.165, 1.54) is 19.3 Å². The predicted octanol–water partition coefficient (Wildman–Crippen LogP) is 2.52. The summed E-state index contributed by atoms with van der Waals surface area (Å²) in [5.74, 6) is 1.95. The van der Waals surface area contributed by atoms with E-state index in [0.717, 1.165) is 28.0 Å². The molecule has 17 heavy (non-hydrogen) atoms. The summed E-state index contributed by atoms with van der Waals surface area (Å²) in [4.78, 5) is 8.88. The van der Waals surface area contributed by atoms with E-state index in [9.17, 15) is 0 Å². The molecular formula is C12H14N4S. The van der Waals surface area contributed by atoms with Crippen LogP contribution in [0.2, 0.25) is 0 Å². The zero-order valence-corrected chi connectivity index (χ0v) is 10.5. The summed E-state index contributed by atoms with van der Waals surface area (Å²) in [6.45, 7) is 0. The van der Waals surface area contributed by atoms with Crippen molar-refractivity contribution in [3.8, 4) is 0 Å². The molecular weight excluding hydrogens is 232 g/mol. The molecule has 0 aromatic carbocycles. The van der Waals surface area contributed by atoms with Gasteiger partial charge in [0.15, 0.2) is 10.8 Å². The van der Waals surface area contributed by atoms with Crippen molar-refractivity contribution in [1.82, 2.24) is 19.7 Å². The van der Waals surface area contributed by atoms with Crippen molar-refractivity contribution in [3.63, 3.8) is 0 Å². The highest BCUT2D eigenvalue weighted by atomic mass is 32.2. The third kappa shape index (κ3) is 1.48. The lowest BCUT2D eigenvalue weighted by molar-refractivity contribution is 0.435. The highest BCUT2D eigenvalue weighted by Crippen LogP contribution is 2.56. The van der Waals surface area contributed by atoms with Gasteiger partial charge in [-0.05, 0) is 37.4 Å². The first-order chi connectivity index (χ1) is 8.35. The Balaban J connectivity index is 1.78. The molecule has 2 aliphatic carbocycles. The van der Waals surface area contributed by atoms with Gasteiger partial charge >= 0.3 is 0 Å². The van der Waals surface area contributed by atoms with Crippen LogP contribution in [0, 0.1) is 11.8 Å². The molecule has 2 unspecified atom stereocenters. The lowest BCUT2D eigenvalue weighted by Crippen LogP contribution is -2.09. The fourth-order valence-electron chi connectivity index (χ4n) is 3.07. The van der Waals surface area contributed by atoms with E-state index in [4.69, 9.17) is 0 Å². The van der Waals surface area contributed by atoms with Crippen molar-refractivity contribution < 1.29 is 0 Å². The van der Waals surface area contributed by atoms with Crippen molar-refractivity contribution >= 4 is 22.8 Å². The second-order valence-corrected chi connectivity index (χ2v) is 5.88. The van der Waals surface area contributed by atoms with Crippen LogP contribution >= 0.6 is 11.8 Å². The molecule has 0 saturated heterocycles. The van der Waals surface area contributed by atoms with Crippen molar-refractivity contribution in [2.24, 2.45) is 11.8 Å². The van der Waals surface area contributed by atoms with Gasteiger partial charge in [-0.25, -0.2) is 14.6 Å². The molecule has 5 heteroatoms. The van der Waals surface area contributed by atoms with Gasteiger partial charge in [-0.2, -0.15) is 5.10 Å². The molecule has 4 rings (SSSR count). The Morgan fingerprint density at radius 2 is 2.06 bits per heavy atom. The quantitative estimate of drug-likeness (QED) is 0.603. The zero-order chi connectivity index (χ0) is 11.4. The molecule has 2 aromatic rings. The molecule has 2 aromatic heterocycles. The third-order valence-electron chi connectivity index (χ3n) is 4.06. The predicted molar refractivity (Wildman–Crippen MR) is 67.0 cm³/mol. The van der Waals surface area contributed by atoms with Gasteiger partial charge in [-0.1, -0.05) is 11.8 Å². The Labute approximate surface area is 104 Å². The monoisotopic (exact) mass is 246 g/mol. The van der Waals surface area contributed by atoms with E-state index >= 15 is 0 Å². The number of hydrogen-bond donors (Lipinski definition) is 0. The number of thioether (sulfide) groups is 1. The molecule has 2 atom stereocenters. The maximum absolute atomic E-state index is 4.59. The minimum absolute atomic E-state index is 0.570. The van der Waals surface area contributed by atoms with Gasteiger partial charge in [0.1, 0.15) is 0 Å². The summed E-state index contributed by atoms with van der Waals surface area (Å²) in [6, 6.07) is 0.570. The van der Waals surface area contributed by atoms with Crippen LogP contribution < -0.4 is 0 Å². The maximum Gasteiger partial charge on any atom is 0.189 e. The minimum Gasteiger partial charge on any atom is -0.244 e. The lowest BCUT2D eigenvalue weighted by Gasteiger charge is -2.13. The van der Waals surface area contributed by atoms with Gasteiger partial charge in [-0.3, -0.25) is 0 Å². The number of fused-ring (bicyclic) bond motifs is 2. The van der Waals surface area contributed by atoms with E-state index in [1.54, 1.807) is 11.8 Å². The largest absolute Gasteiger partial charge is 0.244 e. The second kappa shape index (κ2) is 3.45. The molecule has 4 nitrogen and oxygen atoms in total. The van der Waals surface area contributed by atoms with E-state index in [-0.39, 0.29) is 0 Å². The van der Waals surface area contributed by atoms with Crippen LogP contribution in [0.25, 0.3) is 11.0 Å². The van der Waals surface area contributed by atoms with E-state index < -0.39 is 0 Å². The van der Waals surface area contributed by atoms with Gasteiger partial charge in [0.25, 0.3) is 0 Å². The van der Waals surface area contributed by atoms with Crippen LogP contribution in [-0.4, -0.2) is 26.0 Å². The number of hydrogen-bond acceptors (Lipinski definition) is 4. The summed E-state index contributed by atoms with van der Waals surface area (Å²) in [5, 5.41) is 6.41. The van der Waals surface area contributed by atoms with E-state index in [1.807, 2.05) is 18.6 Å². The topological polar surface area (TPSA) is 43.6 Å². The minimum atomic E-state index is 0.570. The third-order valence-corrected chi connectivity index (χ3v) is 4.62. The van der Waals surface area contributed by atoms with Crippen molar-refractivity contribution in [2.75, 3.05) is 6.26 Å². The fraction of sp³-hybridized carbons (Fsp3) is 0.583. The smallest absolute Gasteiger partial charge is 0.189 e. The molecule has 2 fully saturated rings. The van der Waals surface area contributed by atoms with Crippen LogP contribution in [0.4, 0.5) is 0 Å². The molecule has 2 aliphatic rings. The first-order valence-electron chi connectivity index (χ1n) is 6.09. The molecule has 0 amide bonds. The first kappa shape index (κ1) is 9.88.